The van der Waals surface area contributed by atoms with Gasteiger partial charge in [0.1, 0.15) is 17.8 Å². The van der Waals surface area contributed by atoms with Crippen LogP contribution in [0.4, 0.5) is 4.39 Å². The van der Waals surface area contributed by atoms with Gasteiger partial charge in [-0.3, -0.25) is 4.79 Å². The molecule has 0 amide bonds. The monoisotopic (exact) mass is 508 g/mol. The van der Waals surface area contributed by atoms with Gasteiger partial charge < -0.3 is 4.74 Å². The molecule has 36 heavy (non-hydrogen) atoms. The van der Waals surface area contributed by atoms with Crippen molar-refractivity contribution in [2.45, 2.75) is 130 Å². The number of carbonyl (C=O) groups is 1. The minimum absolute atomic E-state index is 0.0508. The summed E-state index contributed by atoms with van der Waals surface area (Å²) >= 11 is 0. The molecule has 0 radical (unpaired) electrons. The van der Waals surface area contributed by atoms with Gasteiger partial charge in [0.05, 0.1) is 0 Å². The quantitative estimate of drug-likeness (QED) is 0.219. The summed E-state index contributed by atoms with van der Waals surface area (Å²) in [7, 11) is 0. The molecule has 0 saturated heterocycles. The zero-order chi connectivity index (χ0) is 26.5. The maximum atomic E-state index is 17.2. The zero-order valence-electron chi connectivity index (χ0n) is 23.4. The van der Waals surface area contributed by atoms with E-state index < -0.39 is 34.2 Å². The molecule has 0 aliphatic heterocycles. The molecule has 0 spiro atoms. The van der Waals surface area contributed by atoms with E-state index in [1.54, 1.807) is 0 Å². The minimum Gasteiger partial charge on any atom is -0.462 e. The molecule has 0 heterocycles. The van der Waals surface area contributed by atoms with Crippen LogP contribution >= 0.6 is 0 Å². The average molecular weight is 509 g/mol. The maximum absolute atomic E-state index is 17.2. The maximum Gasteiger partial charge on any atom is 0.302 e. The van der Waals surface area contributed by atoms with Gasteiger partial charge in [0.15, 0.2) is 5.03 Å². The van der Waals surface area contributed by atoms with Gasteiger partial charge in [-0.05, 0) is 85.9 Å². The van der Waals surface area contributed by atoms with Crippen molar-refractivity contribution in [3.05, 3.63) is 10.1 Å². The van der Waals surface area contributed by atoms with Crippen LogP contribution in [0.15, 0.2) is 0 Å². The van der Waals surface area contributed by atoms with Crippen molar-refractivity contribution in [1.82, 2.24) is 5.43 Å². The second-order valence-corrected chi connectivity index (χ2v) is 13.8. The first-order valence-corrected chi connectivity index (χ1v) is 14.6. The predicted octanol–water partition coefficient (Wildman–Crippen LogP) is 6.89. The molecule has 4 aliphatic rings. The zero-order valence-corrected chi connectivity index (χ0v) is 23.4. The number of nitro groups is 1. The number of esters is 1. The van der Waals surface area contributed by atoms with Crippen molar-refractivity contribution in [2.75, 3.05) is 0 Å². The molecule has 4 rings (SSSR count). The lowest BCUT2D eigenvalue weighted by Crippen LogP contribution is -2.70. The van der Waals surface area contributed by atoms with Crippen molar-refractivity contribution in [1.29, 1.82) is 0 Å². The van der Waals surface area contributed by atoms with E-state index in [-0.39, 0.29) is 17.8 Å². The van der Waals surface area contributed by atoms with Gasteiger partial charge in [-0.1, -0.05) is 53.9 Å². The molecule has 4 aliphatic carbocycles. The molecule has 4 saturated carbocycles. The van der Waals surface area contributed by atoms with Gasteiger partial charge in [-0.15, -0.1) is 5.43 Å². The van der Waals surface area contributed by atoms with E-state index in [2.05, 4.69) is 33.1 Å². The van der Waals surface area contributed by atoms with Crippen LogP contribution in [0.3, 0.4) is 0 Å². The van der Waals surface area contributed by atoms with Gasteiger partial charge in [0, 0.05) is 18.8 Å². The summed E-state index contributed by atoms with van der Waals surface area (Å²) in [6.45, 7) is 12.9. The number of hydrogen-bond acceptors (Lipinski definition) is 4. The Bertz CT molecular complexity index is 838. The molecule has 10 atom stereocenters. The smallest absolute Gasteiger partial charge is 0.302 e. The summed E-state index contributed by atoms with van der Waals surface area (Å²) in [5, 5.41) is 11.1. The highest BCUT2D eigenvalue weighted by molar-refractivity contribution is 5.66. The summed E-state index contributed by atoms with van der Waals surface area (Å²) in [6.07, 6.45) is 9.63. The number of nitrogens with zero attached hydrogens (tertiary/aromatic N) is 1. The molecule has 4 fully saturated rings. The number of hydrazine groups is 1. The Hall–Kier alpha value is -1.40. The topological polar surface area (TPSA) is 81.5 Å². The molecule has 0 aromatic carbocycles. The number of fused-ring (bicyclic) bond motifs is 5. The van der Waals surface area contributed by atoms with Crippen molar-refractivity contribution in [2.24, 2.45) is 46.3 Å². The van der Waals surface area contributed by atoms with Gasteiger partial charge in [-0.25, -0.2) is 14.5 Å². The van der Waals surface area contributed by atoms with E-state index >= 15 is 4.39 Å². The highest BCUT2D eigenvalue weighted by Gasteiger charge is 2.70. The summed E-state index contributed by atoms with van der Waals surface area (Å²) in [6, 6.07) is -0.859. The number of carbonyl (C=O) groups excluding carboxylic acids is 1. The number of ether oxygens (including phenoxy) is 1. The largest absolute Gasteiger partial charge is 0.462 e. The number of halogens is 1. The Labute approximate surface area is 217 Å². The van der Waals surface area contributed by atoms with Crippen LogP contribution in [0, 0.1) is 56.5 Å². The molecule has 1 N–H and O–H groups in total. The summed E-state index contributed by atoms with van der Waals surface area (Å²) < 4.78 is 22.6. The lowest BCUT2D eigenvalue weighted by molar-refractivity contribution is -0.558. The minimum atomic E-state index is -1.77. The molecule has 7 heteroatoms. The first-order chi connectivity index (χ1) is 16.8. The summed E-state index contributed by atoms with van der Waals surface area (Å²) in [5.74, 6) is 2.71. The van der Waals surface area contributed by atoms with Crippen molar-refractivity contribution in [3.63, 3.8) is 0 Å². The van der Waals surface area contributed by atoms with E-state index in [9.17, 15) is 14.9 Å². The highest BCUT2D eigenvalue weighted by Crippen LogP contribution is 2.70. The van der Waals surface area contributed by atoms with Crippen molar-refractivity contribution < 1.29 is 19.0 Å². The first kappa shape index (κ1) is 27.6. The van der Waals surface area contributed by atoms with Gasteiger partial charge in [0.25, 0.3) is 0 Å². The van der Waals surface area contributed by atoms with Crippen LogP contribution in [0.1, 0.15) is 112 Å². The lowest BCUT2D eigenvalue weighted by atomic mass is 9.42. The molecule has 0 bridgehead atoms. The number of alkyl halides is 1. The molecule has 1 unspecified atom stereocenters. The fourth-order valence-corrected chi connectivity index (χ4v) is 9.88. The van der Waals surface area contributed by atoms with Crippen molar-refractivity contribution in [3.8, 4) is 0 Å². The molecular weight excluding hydrogens is 459 g/mol. The van der Waals surface area contributed by atoms with E-state index in [1.807, 2.05) is 6.92 Å². The second-order valence-electron chi connectivity index (χ2n) is 13.8. The highest BCUT2D eigenvalue weighted by atomic mass is 19.1. The molecular formula is C29H49FN2O4. The van der Waals surface area contributed by atoms with Crippen LogP contribution in [0.25, 0.3) is 0 Å². The third-order valence-electron chi connectivity index (χ3n) is 11.6. The SMILES string of the molecule is CC(=O)O[C@H]1CC[C@]2(C)[C@H]3CC[C@]4(C)[C@@H](C(C)CCCC(C)C)CC[C@H]4[C@@H]3C[C@@H](N[N+](=O)[O-])[C@@]2(F)C1. The molecule has 6 nitrogen and oxygen atoms in total. The van der Waals surface area contributed by atoms with Gasteiger partial charge >= 0.3 is 5.97 Å². The van der Waals surface area contributed by atoms with Crippen LogP contribution in [0.5, 0.6) is 0 Å². The van der Waals surface area contributed by atoms with Gasteiger partial charge in [0.2, 0.25) is 0 Å². The third-order valence-corrected chi connectivity index (χ3v) is 11.6. The van der Waals surface area contributed by atoms with Crippen LogP contribution < -0.4 is 5.43 Å². The fraction of sp³-hybridized carbons (Fsp3) is 0.966. The Balaban J connectivity index is 1.59. The van der Waals surface area contributed by atoms with Crippen LogP contribution in [0.2, 0.25) is 0 Å². The number of hydrogen-bond donors (Lipinski definition) is 1. The summed E-state index contributed by atoms with van der Waals surface area (Å²) in [5.41, 5.74) is 0.242. The molecule has 206 valence electrons. The van der Waals surface area contributed by atoms with Crippen molar-refractivity contribution >= 4 is 5.97 Å². The standard InChI is InChI=1S/C29H49FN2O4/c1-18(2)8-7-9-19(3)23-10-11-24-22-16-26(31-32(34)35)29(30)17-21(36-20(4)33)12-15-28(29,6)25(22)13-14-27(23,24)5/h18-19,21-26,31H,7-17H2,1-6H3/t19?,21-,22-,23+,24-,25-,26+,27+,28+,29-/m0/s1. The molecule has 0 aromatic rings. The van der Waals surface area contributed by atoms with Gasteiger partial charge in [-0.2, -0.15) is 0 Å². The third kappa shape index (κ3) is 4.66. The molecule has 0 aromatic heterocycles. The average Bonchev–Trinajstić information content (AvgIpc) is 3.12. The normalized spacial score (nSPS) is 44.8. The first-order valence-electron chi connectivity index (χ1n) is 14.6. The fourth-order valence-electron chi connectivity index (χ4n) is 9.88. The second kappa shape index (κ2) is 10.1. The van der Waals surface area contributed by atoms with E-state index in [0.717, 1.165) is 25.2 Å². The Morgan fingerprint density at radius 1 is 1.11 bits per heavy atom. The predicted molar refractivity (Wildman–Crippen MR) is 138 cm³/mol. The Morgan fingerprint density at radius 3 is 2.47 bits per heavy atom. The Kier molecular flexibility index (Phi) is 7.72. The van der Waals surface area contributed by atoms with Crippen LogP contribution in [-0.4, -0.2) is 28.8 Å². The van der Waals surface area contributed by atoms with E-state index in [4.69, 9.17) is 4.74 Å². The lowest BCUT2D eigenvalue weighted by Gasteiger charge is -2.64. The number of rotatable bonds is 8. The summed E-state index contributed by atoms with van der Waals surface area (Å²) in [4.78, 5) is 23.3. The number of nitrogens with one attached hydrogen (secondary N) is 1. The van der Waals surface area contributed by atoms with E-state index in [0.29, 0.717) is 42.9 Å². The van der Waals surface area contributed by atoms with E-state index in [1.165, 1.54) is 32.6 Å². The van der Waals surface area contributed by atoms with Crippen LogP contribution in [-0.2, 0) is 9.53 Å². The Morgan fingerprint density at radius 2 is 1.83 bits per heavy atom.